The lowest BCUT2D eigenvalue weighted by atomic mass is 10.1. The summed E-state index contributed by atoms with van der Waals surface area (Å²) in [5, 5.41) is 6.18. The van der Waals surface area contributed by atoms with Crippen LogP contribution in [0.1, 0.15) is 33.3 Å². The second kappa shape index (κ2) is 12.0. The maximum absolute atomic E-state index is 12.5. The fourth-order valence-electron chi connectivity index (χ4n) is 3.03. The summed E-state index contributed by atoms with van der Waals surface area (Å²) >= 11 is 0. The number of carbonyl (C=O) groups excluding carboxylic acids is 1. The van der Waals surface area contributed by atoms with Gasteiger partial charge in [0.05, 0.1) is 19.8 Å². The summed E-state index contributed by atoms with van der Waals surface area (Å²) in [6, 6.07) is 13.5. The average Bonchev–Trinajstić information content (AvgIpc) is 2.73. The van der Waals surface area contributed by atoms with Gasteiger partial charge in [-0.1, -0.05) is 32.0 Å². The van der Waals surface area contributed by atoms with Crippen LogP contribution < -0.4 is 20.1 Å². The summed E-state index contributed by atoms with van der Waals surface area (Å²) in [7, 11) is 0. The van der Waals surface area contributed by atoms with Crippen molar-refractivity contribution in [2.45, 2.75) is 34.2 Å². The van der Waals surface area contributed by atoms with E-state index in [1.54, 1.807) is 6.07 Å². The quantitative estimate of drug-likeness (QED) is 0.555. The van der Waals surface area contributed by atoms with E-state index >= 15 is 0 Å². The Morgan fingerprint density at radius 1 is 0.931 bits per heavy atom. The molecule has 0 aromatic heterocycles. The number of rotatable bonds is 12. The van der Waals surface area contributed by atoms with Crippen LogP contribution >= 0.6 is 0 Å². The summed E-state index contributed by atoms with van der Waals surface area (Å²) < 4.78 is 11.2. The molecule has 0 aliphatic rings. The highest BCUT2D eigenvalue weighted by atomic mass is 16.5. The van der Waals surface area contributed by atoms with Crippen LogP contribution in [0.15, 0.2) is 42.5 Å². The predicted molar refractivity (Wildman–Crippen MR) is 119 cm³/mol. The van der Waals surface area contributed by atoms with Crippen molar-refractivity contribution in [1.29, 1.82) is 0 Å². The number of benzene rings is 2. The summed E-state index contributed by atoms with van der Waals surface area (Å²) in [5.41, 5.74) is 2.85. The van der Waals surface area contributed by atoms with Crippen LogP contribution in [0.25, 0.3) is 0 Å². The van der Waals surface area contributed by atoms with E-state index in [1.165, 1.54) is 5.56 Å². The Labute approximate surface area is 174 Å². The lowest BCUT2D eigenvalue weighted by molar-refractivity contribution is -0.114. The van der Waals surface area contributed by atoms with Crippen LogP contribution in [0.3, 0.4) is 0 Å². The van der Waals surface area contributed by atoms with E-state index in [0.29, 0.717) is 30.4 Å². The molecule has 0 radical (unpaired) electrons. The molecule has 0 unspecified atom stereocenters. The van der Waals surface area contributed by atoms with Crippen molar-refractivity contribution >= 4 is 17.3 Å². The van der Waals surface area contributed by atoms with Gasteiger partial charge in [-0.25, -0.2) is 0 Å². The lowest BCUT2D eigenvalue weighted by Gasteiger charge is -2.20. The van der Waals surface area contributed by atoms with Gasteiger partial charge in [-0.3, -0.25) is 9.69 Å². The summed E-state index contributed by atoms with van der Waals surface area (Å²) in [6.45, 7) is 12.3. The van der Waals surface area contributed by atoms with Crippen molar-refractivity contribution in [2.24, 2.45) is 0 Å². The SMILES string of the molecule is CCOc1ccc(NC(=O)CNc2ccccc2CN(CC)CC)cc1OCC. The highest BCUT2D eigenvalue weighted by Crippen LogP contribution is 2.30. The third-order valence-electron chi connectivity index (χ3n) is 4.57. The highest BCUT2D eigenvalue weighted by molar-refractivity contribution is 5.94. The fourth-order valence-corrected chi connectivity index (χ4v) is 3.03. The molecule has 0 saturated heterocycles. The monoisotopic (exact) mass is 399 g/mol. The molecule has 6 heteroatoms. The number of carbonyl (C=O) groups is 1. The van der Waals surface area contributed by atoms with E-state index in [2.05, 4.69) is 35.4 Å². The zero-order valence-corrected chi connectivity index (χ0v) is 18.0. The van der Waals surface area contributed by atoms with E-state index in [1.807, 2.05) is 44.2 Å². The molecule has 6 nitrogen and oxygen atoms in total. The predicted octanol–water partition coefficient (Wildman–Crippen LogP) is 4.38. The van der Waals surface area contributed by atoms with E-state index in [0.717, 1.165) is 25.3 Å². The molecule has 0 aliphatic carbocycles. The minimum atomic E-state index is -0.116. The van der Waals surface area contributed by atoms with Gasteiger partial charge in [-0.2, -0.15) is 0 Å². The number of para-hydroxylation sites is 1. The minimum absolute atomic E-state index is 0.116. The molecule has 0 atom stereocenters. The van der Waals surface area contributed by atoms with Gasteiger partial charge < -0.3 is 20.1 Å². The van der Waals surface area contributed by atoms with Crippen LogP contribution in [0.2, 0.25) is 0 Å². The highest BCUT2D eigenvalue weighted by Gasteiger charge is 2.10. The molecule has 0 heterocycles. The van der Waals surface area contributed by atoms with Crippen LogP contribution in [0.5, 0.6) is 11.5 Å². The number of hydrogen-bond donors (Lipinski definition) is 2. The van der Waals surface area contributed by atoms with Gasteiger partial charge in [-0.15, -0.1) is 0 Å². The molecule has 2 N–H and O–H groups in total. The van der Waals surface area contributed by atoms with Gasteiger partial charge in [-0.05, 0) is 50.7 Å². The lowest BCUT2D eigenvalue weighted by Crippen LogP contribution is -2.25. The minimum Gasteiger partial charge on any atom is -0.490 e. The maximum Gasteiger partial charge on any atom is 0.243 e. The molecule has 29 heavy (non-hydrogen) atoms. The van der Waals surface area contributed by atoms with Crippen molar-refractivity contribution in [1.82, 2.24) is 4.90 Å². The molecule has 2 aromatic carbocycles. The summed E-state index contributed by atoms with van der Waals surface area (Å²) in [5.74, 6) is 1.19. The second-order valence-electron chi connectivity index (χ2n) is 6.55. The first-order valence-corrected chi connectivity index (χ1v) is 10.3. The van der Waals surface area contributed by atoms with Gasteiger partial charge in [0.25, 0.3) is 0 Å². The zero-order chi connectivity index (χ0) is 21.1. The van der Waals surface area contributed by atoms with E-state index < -0.39 is 0 Å². The van der Waals surface area contributed by atoms with Crippen molar-refractivity contribution in [3.05, 3.63) is 48.0 Å². The number of ether oxygens (including phenoxy) is 2. The Kier molecular flexibility index (Phi) is 9.31. The van der Waals surface area contributed by atoms with Crippen LogP contribution in [0, 0.1) is 0 Å². The average molecular weight is 400 g/mol. The molecule has 0 fully saturated rings. The number of nitrogens with zero attached hydrogens (tertiary/aromatic N) is 1. The molecule has 0 saturated carbocycles. The van der Waals surface area contributed by atoms with Gasteiger partial charge in [0, 0.05) is 24.0 Å². The van der Waals surface area contributed by atoms with Crippen LogP contribution in [0.4, 0.5) is 11.4 Å². The first-order valence-electron chi connectivity index (χ1n) is 10.3. The van der Waals surface area contributed by atoms with Gasteiger partial charge in [0.2, 0.25) is 5.91 Å². The van der Waals surface area contributed by atoms with E-state index in [4.69, 9.17) is 9.47 Å². The van der Waals surface area contributed by atoms with Crippen molar-refractivity contribution in [3.8, 4) is 11.5 Å². The Morgan fingerprint density at radius 3 is 2.31 bits per heavy atom. The molecule has 2 aromatic rings. The number of amides is 1. The Morgan fingerprint density at radius 2 is 1.62 bits per heavy atom. The molecular weight excluding hydrogens is 366 g/mol. The smallest absolute Gasteiger partial charge is 0.243 e. The van der Waals surface area contributed by atoms with Crippen molar-refractivity contribution < 1.29 is 14.3 Å². The summed E-state index contributed by atoms with van der Waals surface area (Å²) in [4.78, 5) is 14.8. The van der Waals surface area contributed by atoms with E-state index in [9.17, 15) is 4.79 Å². The van der Waals surface area contributed by atoms with Gasteiger partial charge >= 0.3 is 0 Å². The number of nitrogens with one attached hydrogen (secondary N) is 2. The molecule has 0 bridgehead atoms. The molecular formula is C23H33N3O3. The van der Waals surface area contributed by atoms with Gasteiger partial charge in [0.15, 0.2) is 11.5 Å². The van der Waals surface area contributed by atoms with Crippen LogP contribution in [-0.4, -0.2) is 43.7 Å². The normalized spacial score (nSPS) is 10.7. The maximum atomic E-state index is 12.5. The first-order chi connectivity index (χ1) is 14.1. The zero-order valence-electron chi connectivity index (χ0n) is 18.0. The van der Waals surface area contributed by atoms with Crippen molar-refractivity contribution in [2.75, 3.05) is 43.5 Å². The molecule has 2 rings (SSSR count). The summed E-state index contributed by atoms with van der Waals surface area (Å²) in [6.07, 6.45) is 0. The van der Waals surface area contributed by atoms with Crippen molar-refractivity contribution in [3.63, 3.8) is 0 Å². The largest absolute Gasteiger partial charge is 0.490 e. The third kappa shape index (κ3) is 6.98. The molecule has 158 valence electrons. The standard InChI is InChI=1S/C23H33N3O3/c1-5-26(6-2)17-18-11-9-10-12-20(18)24-16-23(27)25-19-13-14-21(28-7-3)22(15-19)29-8-4/h9-15,24H,5-8,16-17H2,1-4H3,(H,25,27). The Bertz CT molecular complexity index is 776. The number of hydrogen-bond acceptors (Lipinski definition) is 5. The second-order valence-corrected chi connectivity index (χ2v) is 6.55. The van der Waals surface area contributed by atoms with E-state index in [-0.39, 0.29) is 12.5 Å². The Balaban J connectivity index is 1.99. The first kappa shape index (κ1) is 22.6. The third-order valence-corrected chi connectivity index (χ3v) is 4.57. The molecule has 1 amide bonds. The van der Waals surface area contributed by atoms with Gasteiger partial charge in [0.1, 0.15) is 0 Å². The molecule has 0 spiro atoms. The molecule has 0 aliphatic heterocycles. The number of anilines is 2. The Hall–Kier alpha value is -2.73. The topological polar surface area (TPSA) is 62.8 Å². The fraction of sp³-hybridized carbons (Fsp3) is 0.435. The van der Waals surface area contributed by atoms with Crippen LogP contribution in [-0.2, 0) is 11.3 Å².